The van der Waals surface area contributed by atoms with Gasteiger partial charge in [-0.3, -0.25) is 0 Å². The number of ether oxygens (including phenoxy) is 1. The van der Waals surface area contributed by atoms with E-state index in [0.29, 0.717) is 27.6 Å². The first-order chi connectivity index (χ1) is 10.1. The first kappa shape index (κ1) is 13.5. The highest BCUT2D eigenvalue weighted by Crippen LogP contribution is 2.31. The molecule has 0 bridgehead atoms. The average molecular weight is 303 g/mol. The largest absolute Gasteiger partial charge is 0.496 e. The summed E-state index contributed by atoms with van der Waals surface area (Å²) < 4.78 is 5.30. The standard InChI is InChI=1S/C15H11ClN2O3/c1-21-13-7-9(16)3-4-10(13)14-17-11-5-2-8(15(19)20)6-12(11)18-14/h2-7H,1H3,(H,17,18)(H,19,20). The summed E-state index contributed by atoms with van der Waals surface area (Å²) in [5, 5.41) is 9.58. The van der Waals surface area contributed by atoms with Crippen LogP contribution < -0.4 is 4.74 Å². The summed E-state index contributed by atoms with van der Waals surface area (Å²) >= 11 is 5.94. The molecular weight excluding hydrogens is 292 g/mol. The number of imidazole rings is 1. The van der Waals surface area contributed by atoms with Crippen LogP contribution in [0.3, 0.4) is 0 Å². The molecule has 0 aliphatic rings. The van der Waals surface area contributed by atoms with E-state index in [9.17, 15) is 4.79 Å². The molecule has 21 heavy (non-hydrogen) atoms. The zero-order chi connectivity index (χ0) is 15.0. The quantitative estimate of drug-likeness (QED) is 0.775. The third kappa shape index (κ3) is 2.43. The highest BCUT2D eigenvalue weighted by Gasteiger charge is 2.12. The molecule has 0 amide bonds. The number of carboxylic acid groups (broad SMARTS) is 1. The number of nitrogens with zero attached hydrogens (tertiary/aromatic N) is 1. The number of halogens is 1. The summed E-state index contributed by atoms with van der Waals surface area (Å²) in [5.74, 6) is 0.221. The highest BCUT2D eigenvalue weighted by atomic mass is 35.5. The molecule has 0 radical (unpaired) electrons. The Bertz CT molecular complexity index is 842. The Morgan fingerprint density at radius 2 is 2.10 bits per heavy atom. The molecule has 5 nitrogen and oxygen atoms in total. The lowest BCUT2D eigenvalue weighted by molar-refractivity contribution is 0.0697. The van der Waals surface area contributed by atoms with Crippen molar-refractivity contribution in [2.75, 3.05) is 7.11 Å². The molecule has 3 rings (SSSR count). The molecule has 0 saturated heterocycles. The molecule has 6 heteroatoms. The van der Waals surface area contributed by atoms with E-state index in [1.165, 1.54) is 6.07 Å². The monoisotopic (exact) mass is 302 g/mol. The van der Waals surface area contributed by atoms with E-state index >= 15 is 0 Å². The minimum atomic E-state index is -0.975. The number of nitrogens with one attached hydrogen (secondary N) is 1. The van der Waals surface area contributed by atoms with Gasteiger partial charge in [-0.2, -0.15) is 0 Å². The van der Waals surface area contributed by atoms with E-state index in [4.69, 9.17) is 21.4 Å². The lowest BCUT2D eigenvalue weighted by atomic mass is 10.2. The van der Waals surface area contributed by atoms with Gasteiger partial charge < -0.3 is 14.8 Å². The van der Waals surface area contributed by atoms with Crippen LogP contribution in [0.1, 0.15) is 10.4 Å². The Hall–Kier alpha value is -2.53. The van der Waals surface area contributed by atoms with Crippen LogP contribution in [0.5, 0.6) is 5.75 Å². The minimum absolute atomic E-state index is 0.209. The molecule has 1 heterocycles. The Morgan fingerprint density at radius 3 is 2.81 bits per heavy atom. The summed E-state index contributed by atoms with van der Waals surface area (Å²) in [4.78, 5) is 18.5. The molecule has 0 unspecified atom stereocenters. The predicted molar refractivity (Wildman–Crippen MR) is 80.1 cm³/mol. The fraction of sp³-hybridized carbons (Fsp3) is 0.0667. The molecule has 2 N–H and O–H groups in total. The van der Waals surface area contributed by atoms with Crippen LogP contribution in [0.25, 0.3) is 22.4 Å². The lowest BCUT2D eigenvalue weighted by Crippen LogP contribution is -1.94. The average Bonchev–Trinajstić information content (AvgIpc) is 2.89. The number of methoxy groups -OCH3 is 1. The molecule has 0 aliphatic carbocycles. The molecule has 0 aliphatic heterocycles. The lowest BCUT2D eigenvalue weighted by Gasteiger charge is -2.06. The zero-order valence-electron chi connectivity index (χ0n) is 11.1. The van der Waals surface area contributed by atoms with Crippen molar-refractivity contribution < 1.29 is 14.6 Å². The number of fused-ring (bicyclic) bond motifs is 1. The van der Waals surface area contributed by atoms with Crippen molar-refractivity contribution in [3.05, 3.63) is 47.0 Å². The van der Waals surface area contributed by atoms with Crippen molar-refractivity contribution in [3.63, 3.8) is 0 Å². The second-order valence-electron chi connectivity index (χ2n) is 4.47. The Balaban J connectivity index is 2.15. The van der Waals surface area contributed by atoms with Gasteiger partial charge in [0, 0.05) is 5.02 Å². The van der Waals surface area contributed by atoms with Gasteiger partial charge in [-0.15, -0.1) is 0 Å². The second-order valence-corrected chi connectivity index (χ2v) is 4.90. The summed E-state index contributed by atoms with van der Waals surface area (Å²) in [5.41, 5.74) is 2.31. The molecule has 0 spiro atoms. The number of rotatable bonds is 3. The normalized spacial score (nSPS) is 10.8. The van der Waals surface area contributed by atoms with Crippen LogP contribution in [0.15, 0.2) is 36.4 Å². The van der Waals surface area contributed by atoms with Crippen LogP contribution in [0.4, 0.5) is 0 Å². The second kappa shape index (κ2) is 5.10. The first-order valence-corrected chi connectivity index (χ1v) is 6.53. The van der Waals surface area contributed by atoms with Gasteiger partial charge in [0.15, 0.2) is 0 Å². The molecule has 3 aromatic rings. The first-order valence-electron chi connectivity index (χ1n) is 6.15. The van der Waals surface area contributed by atoms with Crippen molar-refractivity contribution in [2.45, 2.75) is 0 Å². The Morgan fingerprint density at radius 1 is 1.29 bits per heavy atom. The number of hydrogen-bond acceptors (Lipinski definition) is 3. The van der Waals surface area contributed by atoms with E-state index in [1.54, 1.807) is 37.4 Å². The molecule has 0 fully saturated rings. The number of benzene rings is 2. The summed E-state index contributed by atoms with van der Waals surface area (Å²) in [7, 11) is 1.56. The topological polar surface area (TPSA) is 75.2 Å². The number of aromatic amines is 1. The third-order valence-corrected chi connectivity index (χ3v) is 3.38. The van der Waals surface area contributed by atoms with Crippen LogP contribution in [-0.4, -0.2) is 28.2 Å². The van der Waals surface area contributed by atoms with Crippen molar-refractivity contribution in [1.82, 2.24) is 9.97 Å². The summed E-state index contributed by atoms with van der Waals surface area (Å²) in [6.07, 6.45) is 0. The fourth-order valence-corrected chi connectivity index (χ4v) is 2.29. The van der Waals surface area contributed by atoms with E-state index < -0.39 is 5.97 Å². The predicted octanol–water partition coefficient (Wildman–Crippen LogP) is 3.59. The molecule has 2 aromatic carbocycles. The fourth-order valence-electron chi connectivity index (χ4n) is 2.13. The van der Waals surface area contributed by atoms with Crippen LogP contribution >= 0.6 is 11.6 Å². The number of carbonyl (C=O) groups is 1. The van der Waals surface area contributed by atoms with Gasteiger partial charge in [-0.05, 0) is 36.4 Å². The molecule has 0 saturated carbocycles. The summed E-state index contributed by atoms with van der Waals surface area (Å²) in [6.45, 7) is 0. The van der Waals surface area contributed by atoms with Gasteiger partial charge >= 0.3 is 5.97 Å². The number of hydrogen-bond donors (Lipinski definition) is 2. The van der Waals surface area contributed by atoms with Crippen LogP contribution in [0.2, 0.25) is 5.02 Å². The van der Waals surface area contributed by atoms with Crippen molar-refractivity contribution in [1.29, 1.82) is 0 Å². The molecular formula is C15H11ClN2O3. The Labute approximate surface area is 125 Å². The van der Waals surface area contributed by atoms with Crippen molar-refractivity contribution in [3.8, 4) is 17.1 Å². The number of H-pyrrole nitrogens is 1. The number of carboxylic acids is 1. The van der Waals surface area contributed by atoms with E-state index in [0.717, 1.165) is 5.56 Å². The van der Waals surface area contributed by atoms with E-state index in [1.807, 2.05) is 0 Å². The van der Waals surface area contributed by atoms with Gasteiger partial charge in [0.1, 0.15) is 11.6 Å². The zero-order valence-corrected chi connectivity index (χ0v) is 11.8. The van der Waals surface area contributed by atoms with Gasteiger partial charge in [0.25, 0.3) is 0 Å². The molecule has 106 valence electrons. The van der Waals surface area contributed by atoms with Crippen LogP contribution in [0, 0.1) is 0 Å². The maximum atomic E-state index is 11.0. The van der Waals surface area contributed by atoms with E-state index in [-0.39, 0.29) is 5.56 Å². The smallest absolute Gasteiger partial charge is 0.335 e. The molecule has 1 aromatic heterocycles. The number of aromatic carboxylic acids is 1. The van der Waals surface area contributed by atoms with Gasteiger partial charge in [0.05, 0.1) is 29.3 Å². The van der Waals surface area contributed by atoms with Crippen molar-refractivity contribution in [2.24, 2.45) is 0 Å². The van der Waals surface area contributed by atoms with Crippen LogP contribution in [-0.2, 0) is 0 Å². The summed E-state index contributed by atoms with van der Waals surface area (Å²) in [6, 6.07) is 9.99. The minimum Gasteiger partial charge on any atom is -0.496 e. The molecule has 0 atom stereocenters. The number of aromatic nitrogens is 2. The van der Waals surface area contributed by atoms with Gasteiger partial charge in [0.2, 0.25) is 0 Å². The Kier molecular flexibility index (Phi) is 3.27. The van der Waals surface area contributed by atoms with Gasteiger partial charge in [-0.1, -0.05) is 11.6 Å². The van der Waals surface area contributed by atoms with Crippen molar-refractivity contribution >= 4 is 28.6 Å². The van der Waals surface area contributed by atoms with Gasteiger partial charge in [-0.25, -0.2) is 9.78 Å². The SMILES string of the molecule is COc1cc(Cl)ccc1-c1nc2ccc(C(=O)O)cc2[nH]1. The third-order valence-electron chi connectivity index (χ3n) is 3.15. The maximum absolute atomic E-state index is 11.0. The maximum Gasteiger partial charge on any atom is 0.335 e. The van der Waals surface area contributed by atoms with E-state index in [2.05, 4.69) is 9.97 Å². The highest BCUT2D eigenvalue weighted by molar-refractivity contribution is 6.30.